The molecule has 2 aromatic rings. The molecule has 3 heterocycles. The molecule has 0 saturated carbocycles. The minimum absolute atomic E-state index is 0.0111. The number of rotatable bonds is 5. The molecule has 3 rings (SSSR count). The van der Waals surface area contributed by atoms with Crippen molar-refractivity contribution < 1.29 is 9.53 Å². The number of hydrogen-bond acceptors (Lipinski definition) is 6. The van der Waals surface area contributed by atoms with Crippen LogP contribution < -0.4 is 5.32 Å². The lowest BCUT2D eigenvalue weighted by Gasteiger charge is -2.16. The molecule has 6 nitrogen and oxygen atoms in total. The van der Waals surface area contributed by atoms with Gasteiger partial charge in [-0.05, 0) is 25.0 Å². The topological polar surface area (TPSA) is 67.4 Å². The summed E-state index contributed by atoms with van der Waals surface area (Å²) in [7, 11) is 3.56. The Balaban J connectivity index is 1.64. The lowest BCUT2D eigenvalue weighted by molar-refractivity contribution is 0.0789. The van der Waals surface area contributed by atoms with Crippen LogP contribution in [0.3, 0.4) is 0 Å². The Hall–Kier alpha value is -1.99. The van der Waals surface area contributed by atoms with Gasteiger partial charge in [-0.3, -0.25) is 4.79 Å². The van der Waals surface area contributed by atoms with E-state index in [9.17, 15) is 4.79 Å². The van der Waals surface area contributed by atoms with Crippen molar-refractivity contribution in [3.8, 4) is 0 Å². The average Bonchev–Trinajstić information content (AvgIpc) is 3.26. The third-order valence-corrected chi connectivity index (χ3v) is 4.95. The molecule has 1 saturated heterocycles. The van der Waals surface area contributed by atoms with E-state index in [1.807, 2.05) is 12.1 Å². The largest absolute Gasteiger partial charge is 0.373 e. The molecular weight excluding hydrogens is 312 g/mol. The predicted octanol–water partition coefficient (Wildman–Crippen LogP) is 2.70. The maximum absolute atomic E-state index is 12.5. The van der Waals surface area contributed by atoms with Gasteiger partial charge in [0.25, 0.3) is 5.91 Å². The molecule has 0 spiro atoms. The summed E-state index contributed by atoms with van der Waals surface area (Å²) in [6.45, 7) is 1.30. The lowest BCUT2D eigenvalue weighted by atomic mass is 10.2. The van der Waals surface area contributed by atoms with Gasteiger partial charge in [-0.25, -0.2) is 9.97 Å². The average molecular weight is 332 g/mol. The summed E-state index contributed by atoms with van der Waals surface area (Å²) in [5.74, 6) is 0.583. The van der Waals surface area contributed by atoms with Crippen molar-refractivity contribution >= 4 is 23.2 Å². The van der Waals surface area contributed by atoms with Crippen LogP contribution in [0.1, 0.15) is 39.1 Å². The zero-order chi connectivity index (χ0) is 16.2. The van der Waals surface area contributed by atoms with E-state index in [0.29, 0.717) is 12.5 Å². The van der Waals surface area contributed by atoms with E-state index < -0.39 is 0 Å². The second kappa shape index (κ2) is 7.06. The number of thiophene rings is 1. The minimum Gasteiger partial charge on any atom is -0.373 e. The number of ether oxygens (including phenoxy) is 1. The van der Waals surface area contributed by atoms with Crippen LogP contribution in [0.25, 0.3) is 0 Å². The van der Waals surface area contributed by atoms with Crippen LogP contribution in [0.2, 0.25) is 0 Å². The van der Waals surface area contributed by atoms with Crippen LogP contribution >= 0.6 is 11.3 Å². The Morgan fingerprint density at radius 2 is 2.22 bits per heavy atom. The molecule has 122 valence electrons. The van der Waals surface area contributed by atoms with Gasteiger partial charge in [0.15, 0.2) is 0 Å². The second-order valence-corrected chi connectivity index (χ2v) is 6.65. The Bertz CT molecular complexity index is 665. The highest BCUT2D eigenvalue weighted by molar-refractivity contribution is 7.14. The molecule has 0 bridgehead atoms. The first-order chi connectivity index (χ1) is 11.2. The van der Waals surface area contributed by atoms with E-state index in [1.54, 1.807) is 31.4 Å². The summed E-state index contributed by atoms with van der Waals surface area (Å²) < 4.78 is 5.67. The van der Waals surface area contributed by atoms with Gasteiger partial charge in [-0.2, -0.15) is 0 Å². The van der Waals surface area contributed by atoms with E-state index in [2.05, 4.69) is 15.3 Å². The summed E-state index contributed by atoms with van der Waals surface area (Å²) in [5, 5.41) is 2.87. The van der Waals surface area contributed by atoms with Gasteiger partial charge >= 0.3 is 0 Å². The second-order valence-electron chi connectivity index (χ2n) is 5.53. The minimum atomic E-state index is 0.0111. The molecule has 1 aliphatic rings. The molecule has 1 N–H and O–H groups in total. The number of amides is 1. The molecule has 7 heteroatoms. The molecule has 23 heavy (non-hydrogen) atoms. The number of carbonyl (C=O) groups is 1. The van der Waals surface area contributed by atoms with E-state index in [4.69, 9.17) is 4.74 Å². The standard InChI is InChI=1S/C16H20N4O2S/c1-17-16-18-8-11(9-19-16)10-20(2)15(21)14-6-5-13(23-14)12-4-3-7-22-12/h5-6,8-9,12H,3-4,7,10H2,1-2H3,(H,17,18,19)/t12-/m0/s1. The van der Waals surface area contributed by atoms with Crippen LogP contribution in [-0.2, 0) is 11.3 Å². The zero-order valence-electron chi connectivity index (χ0n) is 13.3. The number of carbonyl (C=O) groups excluding carboxylic acids is 1. The monoisotopic (exact) mass is 332 g/mol. The fourth-order valence-electron chi connectivity index (χ4n) is 2.54. The fourth-order valence-corrected chi connectivity index (χ4v) is 3.63. The van der Waals surface area contributed by atoms with Crippen LogP contribution in [0.4, 0.5) is 5.95 Å². The molecule has 0 aromatic carbocycles. The zero-order valence-corrected chi connectivity index (χ0v) is 14.1. The van der Waals surface area contributed by atoms with E-state index >= 15 is 0 Å². The maximum Gasteiger partial charge on any atom is 0.263 e. The van der Waals surface area contributed by atoms with Gasteiger partial charge in [0.05, 0.1) is 11.0 Å². The van der Waals surface area contributed by atoms with E-state index in [-0.39, 0.29) is 12.0 Å². The van der Waals surface area contributed by atoms with Crippen molar-refractivity contribution in [1.82, 2.24) is 14.9 Å². The van der Waals surface area contributed by atoms with Gasteiger partial charge in [0.2, 0.25) is 5.95 Å². The van der Waals surface area contributed by atoms with E-state index in [1.165, 1.54) is 11.3 Å². The third kappa shape index (κ3) is 3.68. The highest BCUT2D eigenvalue weighted by atomic mass is 32.1. The normalized spacial score (nSPS) is 17.2. The Labute approximate surface area is 139 Å². The van der Waals surface area contributed by atoms with Gasteiger partial charge in [0, 0.05) is 50.1 Å². The molecule has 0 radical (unpaired) electrons. The SMILES string of the molecule is CNc1ncc(CN(C)C(=O)c2ccc([C@@H]3CCCO3)s2)cn1. The van der Waals surface area contributed by atoms with Crippen LogP contribution in [0.5, 0.6) is 0 Å². The number of aromatic nitrogens is 2. The van der Waals surface area contributed by atoms with Crippen molar-refractivity contribution in [3.05, 3.63) is 39.8 Å². The van der Waals surface area contributed by atoms with Gasteiger partial charge in [-0.15, -0.1) is 11.3 Å². The first-order valence-corrected chi connectivity index (χ1v) is 8.44. The number of nitrogens with zero attached hydrogens (tertiary/aromatic N) is 3. The molecule has 0 unspecified atom stereocenters. The highest BCUT2D eigenvalue weighted by Crippen LogP contribution is 2.33. The van der Waals surface area contributed by atoms with Crippen molar-refractivity contribution in [2.75, 3.05) is 26.0 Å². The van der Waals surface area contributed by atoms with Crippen molar-refractivity contribution in [1.29, 1.82) is 0 Å². The molecule has 2 aromatic heterocycles. The smallest absolute Gasteiger partial charge is 0.263 e. The Morgan fingerprint density at radius 3 is 2.87 bits per heavy atom. The van der Waals surface area contributed by atoms with E-state index in [0.717, 1.165) is 34.8 Å². The summed E-state index contributed by atoms with van der Waals surface area (Å²) in [5.41, 5.74) is 0.899. The van der Waals surface area contributed by atoms with Gasteiger partial charge in [0.1, 0.15) is 0 Å². The van der Waals surface area contributed by atoms with Gasteiger partial charge in [-0.1, -0.05) is 0 Å². The third-order valence-electron chi connectivity index (χ3n) is 3.78. The Morgan fingerprint density at radius 1 is 1.43 bits per heavy atom. The summed E-state index contributed by atoms with van der Waals surface area (Å²) in [6, 6.07) is 3.90. The van der Waals surface area contributed by atoms with Crippen LogP contribution in [-0.4, -0.2) is 41.5 Å². The molecule has 0 aliphatic carbocycles. The van der Waals surface area contributed by atoms with Crippen molar-refractivity contribution in [2.24, 2.45) is 0 Å². The number of nitrogens with one attached hydrogen (secondary N) is 1. The number of anilines is 1. The lowest BCUT2D eigenvalue weighted by Crippen LogP contribution is -2.25. The van der Waals surface area contributed by atoms with Crippen LogP contribution in [0.15, 0.2) is 24.5 Å². The summed E-state index contributed by atoms with van der Waals surface area (Å²) in [6.07, 6.45) is 5.76. The summed E-state index contributed by atoms with van der Waals surface area (Å²) >= 11 is 1.53. The fraction of sp³-hybridized carbons (Fsp3) is 0.438. The summed E-state index contributed by atoms with van der Waals surface area (Å²) in [4.78, 5) is 24.4. The molecular formula is C16H20N4O2S. The maximum atomic E-state index is 12.5. The number of hydrogen-bond donors (Lipinski definition) is 1. The Kier molecular flexibility index (Phi) is 4.88. The molecule has 1 fully saturated rings. The van der Waals surface area contributed by atoms with Crippen molar-refractivity contribution in [3.63, 3.8) is 0 Å². The molecule has 1 atom stereocenters. The van der Waals surface area contributed by atoms with Crippen LogP contribution in [0, 0.1) is 0 Å². The predicted molar refractivity (Wildman–Crippen MR) is 89.6 cm³/mol. The van der Waals surface area contributed by atoms with Gasteiger partial charge < -0.3 is 15.0 Å². The molecule has 1 amide bonds. The molecule has 1 aliphatic heterocycles. The first-order valence-electron chi connectivity index (χ1n) is 7.63. The first kappa shape index (κ1) is 15.9. The van der Waals surface area contributed by atoms with Crippen molar-refractivity contribution in [2.45, 2.75) is 25.5 Å². The highest BCUT2D eigenvalue weighted by Gasteiger charge is 2.22. The quantitative estimate of drug-likeness (QED) is 0.912.